The predicted molar refractivity (Wildman–Crippen MR) is 71.3 cm³/mol. The lowest BCUT2D eigenvalue weighted by Crippen LogP contribution is -2.29. The number of benzene rings is 2. The van der Waals surface area contributed by atoms with Crippen LogP contribution in [0.2, 0.25) is 0 Å². The predicted octanol–water partition coefficient (Wildman–Crippen LogP) is 1.36. The molecule has 2 rings (SSSR count). The minimum absolute atomic E-state index is 0.316. The zero-order valence-corrected chi connectivity index (χ0v) is 9.56. The number of rotatable bonds is 3. The van der Waals surface area contributed by atoms with Gasteiger partial charge in [0.25, 0.3) is 0 Å². The molecular weight excluding hydrogens is 229 g/mol. The summed E-state index contributed by atoms with van der Waals surface area (Å²) in [4.78, 5) is 0. The van der Waals surface area contributed by atoms with Crippen LogP contribution in [0.1, 0.15) is 0 Å². The van der Waals surface area contributed by atoms with Crippen LogP contribution in [0.25, 0.3) is 0 Å². The molecule has 0 radical (unpaired) electrons. The maximum Gasteiger partial charge on any atom is 0.490 e. The Labute approximate surface area is 105 Å². The van der Waals surface area contributed by atoms with Crippen LogP contribution in [-0.4, -0.2) is 17.2 Å². The van der Waals surface area contributed by atoms with Crippen LogP contribution in [0.4, 0.5) is 17.1 Å². The summed E-state index contributed by atoms with van der Waals surface area (Å²) in [6.07, 6.45) is 0. The molecule has 90 valence electrons. The molecule has 6 heteroatoms. The minimum atomic E-state index is -1.56. The van der Waals surface area contributed by atoms with E-state index in [2.05, 4.69) is 10.2 Å². The molecule has 0 spiro atoms. The molecule has 2 aromatic carbocycles. The molecular formula is C12H12BN3O2. The molecule has 4 N–H and O–H groups in total. The first-order valence-electron chi connectivity index (χ1n) is 5.39. The van der Waals surface area contributed by atoms with Crippen LogP contribution < -0.4 is 11.2 Å². The lowest BCUT2D eigenvalue weighted by Gasteiger charge is -2.02. The quantitative estimate of drug-likeness (QED) is 0.430. The fraction of sp³-hybridized carbons (Fsp3) is 0. The molecule has 0 fully saturated rings. The largest absolute Gasteiger partial charge is 0.490 e. The summed E-state index contributed by atoms with van der Waals surface area (Å²) in [5, 5.41) is 26.4. The fourth-order valence-electron chi connectivity index (χ4n) is 1.45. The molecule has 0 amide bonds. The lowest BCUT2D eigenvalue weighted by atomic mass is 9.79. The van der Waals surface area contributed by atoms with Gasteiger partial charge in [0.1, 0.15) is 0 Å². The number of anilines is 1. The summed E-state index contributed by atoms with van der Waals surface area (Å²) in [7, 11) is -1.56. The van der Waals surface area contributed by atoms with Crippen molar-refractivity contribution in [2.75, 3.05) is 5.73 Å². The summed E-state index contributed by atoms with van der Waals surface area (Å²) in [5.41, 5.74) is 7.59. The van der Waals surface area contributed by atoms with Gasteiger partial charge in [-0.15, -0.1) is 0 Å². The average Bonchev–Trinajstić information content (AvgIpc) is 2.38. The third-order valence-corrected chi connectivity index (χ3v) is 2.38. The van der Waals surface area contributed by atoms with Crippen molar-refractivity contribution in [2.24, 2.45) is 10.2 Å². The van der Waals surface area contributed by atoms with Gasteiger partial charge in [0.2, 0.25) is 0 Å². The Balaban J connectivity index is 2.26. The van der Waals surface area contributed by atoms with Crippen molar-refractivity contribution in [3.8, 4) is 0 Å². The van der Waals surface area contributed by atoms with Gasteiger partial charge in [0, 0.05) is 11.2 Å². The fourth-order valence-corrected chi connectivity index (χ4v) is 1.45. The number of hydrogen-bond donors (Lipinski definition) is 3. The van der Waals surface area contributed by atoms with Gasteiger partial charge in [-0.05, 0) is 30.3 Å². The summed E-state index contributed by atoms with van der Waals surface area (Å²) in [6.45, 7) is 0. The van der Waals surface area contributed by atoms with E-state index in [4.69, 9.17) is 5.73 Å². The van der Waals surface area contributed by atoms with Crippen LogP contribution in [0.3, 0.4) is 0 Å². The highest BCUT2D eigenvalue weighted by molar-refractivity contribution is 6.60. The highest BCUT2D eigenvalue weighted by Crippen LogP contribution is 2.18. The molecule has 18 heavy (non-hydrogen) atoms. The van der Waals surface area contributed by atoms with Crippen molar-refractivity contribution >= 4 is 29.6 Å². The Bertz CT molecular complexity index is 556. The van der Waals surface area contributed by atoms with Crippen molar-refractivity contribution in [3.63, 3.8) is 0 Å². The van der Waals surface area contributed by atoms with Crippen LogP contribution in [-0.2, 0) is 0 Å². The molecule has 0 aliphatic heterocycles. The van der Waals surface area contributed by atoms with Crippen molar-refractivity contribution < 1.29 is 10.0 Å². The van der Waals surface area contributed by atoms with E-state index < -0.39 is 7.12 Å². The summed E-state index contributed by atoms with van der Waals surface area (Å²) in [6, 6.07) is 13.6. The minimum Gasteiger partial charge on any atom is -0.423 e. The number of hydrogen-bond acceptors (Lipinski definition) is 5. The second kappa shape index (κ2) is 5.44. The first-order valence-corrected chi connectivity index (χ1v) is 5.39. The first kappa shape index (κ1) is 12.3. The van der Waals surface area contributed by atoms with Crippen molar-refractivity contribution in [1.82, 2.24) is 0 Å². The summed E-state index contributed by atoms with van der Waals surface area (Å²) >= 11 is 0. The van der Waals surface area contributed by atoms with E-state index in [9.17, 15) is 10.0 Å². The van der Waals surface area contributed by atoms with Gasteiger partial charge in [-0.2, -0.15) is 10.2 Å². The van der Waals surface area contributed by atoms with Gasteiger partial charge in [-0.3, -0.25) is 0 Å². The molecule has 0 unspecified atom stereocenters. The first-order chi connectivity index (χ1) is 8.66. The Morgan fingerprint density at radius 2 is 1.56 bits per heavy atom. The summed E-state index contributed by atoms with van der Waals surface area (Å²) in [5.74, 6) is 0. The molecule has 0 aliphatic carbocycles. The van der Waals surface area contributed by atoms with Gasteiger partial charge in [-0.1, -0.05) is 18.2 Å². The normalized spacial score (nSPS) is 10.8. The molecule has 0 aliphatic rings. The van der Waals surface area contributed by atoms with E-state index in [1.807, 2.05) is 0 Å². The van der Waals surface area contributed by atoms with Gasteiger partial charge in [0.05, 0.1) is 11.4 Å². The Kier molecular flexibility index (Phi) is 3.71. The van der Waals surface area contributed by atoms with Gasteiger partial charge in [-0.25, -0.2) is 0 Å². The van der Waals surface area contributed by atoms with E-state index in [0.29, 0.717) is 22.5 Å². The Morgan fingerprint density at radius 1 is 0.889 bits per heavy atom. The smallest absolute Gasteiger partial charge is 0.423 e. The van der Waals surface area contributed by atoms with Crippen molar-refractivity contribution in [2.45, 2.75) is 0 Å². The molecule has 0 atom stereocenters. The number of azo groups is 1. The average molecular weight is 241 g/mol. The van der Waals surface area contributed by atoms with Crippen molar-refractivity contribution in [3.05, 3.63) is 48.5 Å². The van der Waals surface area contributed by atoms with Gasteiger partial charge >= 0.3 is 7.12 Å². The molecule has 2 aromatic rings. The SMILES string of the molecule is Nc1ccc(N=Nc2ccccc2B(O)O)cc1. The lowest BCUT2D eigenvalue weighted by molar-refractivity contribution is 0.426. The molecule has 0 saturated carbocycles. The van der Waals surface area contributed by atoms with Crippen LogP contribution >= 0.6 is 0 Å². The van der Waals surface area contributed by atoms with E-state index in [0.717, 1.165) is 0 Å². The Hall–Kier alpha value is -2.18. The van der Waals surface area contributed by atoms with E-state index >= 15 is 0 Å². The third kappa shape index (κ3) is 2.94. The highest BCUT2D eigenvalue weighted by atomic mass is 16.4. The maximum atomic E-state index is 9.18. The van der Waals surface area contributed by atoms with E-state index in [1.54, 1.807) is 48.5 Å². The molecule has 0 bridgehead atoms. The second-order valence-corrected chi connectivity index (χ2v) is 3.72. The molecule has 0 saturated heterocycles. The Morgan fingerprint density at radius 3 is 2.22 bits per heavy atom. The highest BCUT2D eigenvalue weighted by Gasteiger charge is 2.14. The zero-order valence-electron chi connectivity index (χ0n) is 9.56. The van der Waals surface area contributed by atoms with Crippen LogP contribution in [0.5, 0.6) is 0 Å². The van der Waals surface area contributed by atoms with Gasteiger partial charge < -0.3 is 15.8 Å². The standard InChI is InChI=1S/C12H12BN3O2/c14-9-5-7-10(8-6-9)15-16-12-4-2-1-3-11(12)13(17)18/h1-8,17-18H,14H2. The monoisotopic (exact) mass is 241 g/mol. The maximum absolute atomic E-state index is 9.18. The molecule has 0 heterocycles. The topological polar surface area (TPSA) is 91.2 Å². The van der Waals surface area contributed by atoms with Crippen LogP contribution in [0, 0.1) is 0 Å². The van der Waals surface area contributed by atoms with Crippen molar-refractivity contribution in [1.29, 1.82) is 0 Å². The molecule has 5 nitrogen and oxygen atoms in total. The summed E-state index contributed by atoms with van der Waals surface area (Å²) < 4.78 is 0. The van der Waals surface area contributed by atoms with E-state index in [-0.39, 0.29) is 0 Å². The third-order valence-electron chi connectivity index (χ3n) is 2.38. The van der Waals surface area contributed by atoms with Crippen LogP contribution in [0.15, 0.2) is 58.8 Å². The number of nitrogens with zero attached hydrogens (tertiary/aromatic N) is 2. The molecule has 0 aromatic heterocycles. The van der Waals surface area contributed by atoms with E-state index in [1.165, 1.54) is 0 Å². The zero-order chi connectivity index (χ0) is 13.0. The second-order valence-electron chi connectivity index (χ2n) is 3.72. The number of nitrogens with two attached hydrogens (primary N) is 1. The van der Waals surface area contributed by atoms with Gasteiger partial charge in [0.15, 0.2) is 0 Å². The number of nitrogen functional groups attached to an aromatic ring is 1.